The van der Waals surface area contributed by atoms with Gasteiger partial charge in [0.1, 0.15) is 0 Å². The lowest BCUT2D eigenvalue weighted by Gasteiger charge is -2.17. The summed E-state index contributed by atoms with van der Waals surface area (Å²) in [6, 6.07) is 7.09. The average Bonchev–Trinajstić information content (AvgIpc) is 3.47. The Labute approximate surface area is 191 Å². The zero-order valence-corrected chi connectivity index (χ0v) is 19.2. The van der Waals surface area contributed by atoms with Gasteiger partial charge in [-0.1, -0.05) is 70.4 Å². The number of fused-ring (bicyclic) bond motifs is 5. The predicted octanol–water partition coefficient (Wildman–Crippen LogP) is 5.86. The van der Waals surface area contributed by atoms with Gasteiger partial charge in [-0.3, -0.25) is 19.3 Å². The van der Waals surface area contributed by atoms with E-state index in [4.69, 9.17) is 0 Å². The Morgan fingerprint density at radius 2 is 1.38 bits per heavy atom. The fourth-order valence-corrected chi connectivity index (χ4v) is 5.67. The van der Waals surface area contributed by atoms with Crippen LogP contribution in [0.4, 0.5) is 11.4 Å². The Bertz CT molecular complexity index is 830. The molecule has 172 valence electrons. The molecule has 2 aliphatic carbocycles. The van der Waals surface area contributed by atoms with Crippen molar-refractivity contribution in [2.75, 3.05) is 10.2 Å². The maximum Gasteiger partial charge on any atom is 0.238 e. The second-order valence-electron chi connectivity index (χ2n) is 9.69. The fraction of sp³-hybridized carbons (Fsp3) is 0.593. The van der Waals surface area contributed by atoms with Gasteiger partial charge >= 0.3 is 0 Å². The van der Waals surface area contributed by atoms with Crippen LogP contribution >= 0.6 is 0 Å². The summed E-state index contributed by atoms with van der Waals surface area (Å²) in [6.07, 6.45) is 16.7. The second kappa shape index (κ2) is 10.5. The van der Waals surface area contributed by atoms with E-state index in [0.717, 1.165) is 19.3 Å². The molecular weight excluding hydrogens is 400 g/mol. The Hall–Kier alpha value is -2.43. The average molecular weight is 437 g/mol. The van der Waals surface area contributed by atoms with Gasteiger partial charge in [0.15, 0.2) is 0 Å². The Kier molecular flexibility index (Phi) is 7.44. The summed E-state index contributed by atoms with van der Waals surface area (Å²) in [5.74, 6) is -0.0669. The molecule has 5 nitrogen and oxygen atoms in total. The molecular formula is C27H36N2O3. The Balaban J connectivity index is 1.19. The van der Waals surface area contributed by atoms with Gasteiger partial charge in [0, 0.05) is 12.1 Å². The number of unbranched alkanes of at least 4 members (excludes halogenated alkanes) is 8. The molecule has 2 fully saturated rings. The zero-order chi connectivity index (χ0) is 22.5. The molecule has 1 saturated carbocycles. The molecule has 4 rings (SSSR count). The minimum absolute atomic E-state index is 0.0196. The largest absolute Gasteiger partial charge is 0.326 e. The van der Waals surface area contributed by atoms with Crippen LogP contribution in [0.1, 0.15) is 77.6 Å². The van der Waals surface area contributed by atoms with E-state index in [1.165, 1.54) is 49.8 Å². The monoisotopic (exact) mass is 436 g/mol. The van der Waals surface area contributed by atoms with Crippen molar-refractivity contribution in [3.05, 3.63) is 36.4 Å². The van der Waals surface area contributed by atoms with Gasteiger partial charge in [-0.2, -0.15) is 0 Å². The molecule has 1 aromatic rings. The lowest BCUT2D eigenvalue weighted by molar-refractivity contribution is -0.123. The third-order valence-corrected chi connectivity index (χ3v) is 7.39. The lowest BCUT2D eigenvalue weighted by Crippen LogP contribution is -2.32. The first kappa shape index (κ1) is 22.8. The first-order valence-corrected chi connectivity index (χ1v) is 12.6. The highest BCUT2D eigenvalue weighted by Crippen LogP contribution is 2.53. The number of nitrogens with zero attached hydrogens (tertiary/aromatic N) is 1. The molecule has 0 aromatic heterocycles. The minimum atomic E-state index is -0.187. The van der Waals surface area contributed by atoms with Crippen molar-refractivity contribution < 1.29 is 14.4 Å². The third-order valence-electron chi connectivity index (χ3n) is 7.39. The number of anilines is 2. The Morgan fingerprint density at radius 3 is 1.94 bits per heavy atom. The van der Waals surface area contributed by atoms with Crippen molar-refractivity contribution >= 4 is 29.1 Å². The molecule has 0 spiro atoms. The fourth-order valence-electron chi connectivity index (χ4n) is 5.67. The van der Waals surface area contributed by atoms with Gasteiger partial charge < -0.3 is 5.32 Å². The van der Waals surface area contributed by atoms with E-state index in [1.54, 1.807) is 24.3 Å². The number of imide groups is 1. The third kappa shape index (κ3) is 4.82. The summed E-state index contributed by atoms with van der Waals surface area (Å²) in [5, 5.41) is 2.93. The molecule has 1 aliphatic heterocycles. The molecule has 32 heavy (non-hydrogen) atoms. The van der Waals surface area contributed by atoms with Crippen molar-refractivity contribution in [3.8, 4) is 0 Å². The highest BCUT2D eigenvalue weighted by atomic mass is 16.2. The van der Waals surface area contributed by atoms with Crippen LogP contribution in [-0.4, -0.2) is 17.7 Å². The van der Waals surface area contributed by atoms with E-state index < -0.39 is 0 Å². The predicted molar refractivity (Wildman–Crippen MR) is 127 cm³/mol. The number of nitrogens with one attached hydrogen (secondary N) is 1. The van der Waals surface area contributed by atoms with Crippen LogP contribution in [0, 0.1) is 23.7 Å². The maximum absolute atomic E-state index is 12.9. The zero-order valence-electron chi connectivity index (χ0n) is 19.2. The van der Waals surface area contributed by atoms with E-state index in [2.05, 4.69) is 24.4 Å². The van der Waals surface area contributed by atoms with Crippen LogP contribution in [0.15, 0.2) is 36.4 Å². The van der Waals surface area contributed by atoms with Crippen molar-refractivity contribution in [2.45, 2.75) is 77.6 Å². The first-order chi connectivity index (χ1) is 15.6. The minimum Gasteiger partial charge on any atom is -0.326 e. The van der Waals surface area contributed by atoms with Gasteiger partial charge in [-0.25, -0.2) is 0 Å². The number of allylic oxidation sites excluding steroid dienone is 2. The molecule has 0 unspecified atom stereocenters. The summed E-state index contributed by atoms with van der Waals surface area (Å²) in [6.45, 7) is 2.24. The van der Waals surface area contributed by atoms with E-state index in [1.807, 2.05) is 0 Å². The van der Waals surface area contributed by atoms with Gasteiger partial charge in [0.2, 0.25) is 17.7 Å². The van der Waals surface area contributed by atoms with Crippen molar-refractivity contribution in [1.82, 2.24) is 0 Å². The maximum atomic E-state index is 12.9. The molecule has 4 atom stereocenters. The topological polar surface area (TPSA) is 66.5 Å². The van der Waals surface area contributed by atoms with Crippen molar-refractivity contribution in [3.63, 3.8) is 0 Å². The molecule has 3 aliphatic rings. The SMILES string of the molecule is CCCCCCCCCCCC(=O)Nc1ccc(N2C(=O)[C@@H]3[C@H](C2=O)[C@H]2C=C[C@H]3C2)cc1. The molecule has 3 amide bonds. The van der Waals surface area contributed by atoms with Crippen LogP contribution in [0.2, 0.25) is 0 Å². The quantitative estimate of drug-likeness (QED) is 0.254. The standard InChI is InChI=1S/C27H36N2O3/c1-2-3-4-5-6-7-8-9-10-11-23(30)28-21-14-16-22(17-15-21)29-26(31)24-19-12-13-20(18-19)25(24)27(29)32/h12-17,19-20,24-25H,2-11,18H2,1H3,(H,28,30)/t19-,20-,24-,25+/m0/s1. The van der Waals surface area contributed by atoms with Crippen LogP contribution in [-0.2, 0) is 14.4 Å². The Morgan fingerprint density at radius 1 is 0.844 bits per heavy atom. The van der Waals surface area contributed by atoms with Crippen LogP contribution in [0.3, 0.4) is 0 Å². The summed E-state index contributed by atoms with van der Waals surface area (Å²) in [7, 11) is 0. The number of amides is 3. The van der Waals surface area contributed by atoms with E-state index in [-0.39, 0.29) is 41.4 Å². The van der Waals surface area contributed by atoms with Gasteiger partial charge in [-0.15, -0.1) is 0 Å². The van der Waals surface area contributed by atoms with Crippen LogP contribution in [0.25, 0.3) is 0 Å². The van der Waals surface area contributed by atoms with Gasteiger partial charge in [0.05, 0.1) is 17.5 Å². The molecule has 2 bridgehead atoms. The number of carbonyl (C=O) groups is 3. The summed E-state index contributed by atoms with van der Waals surface area (Å²) in [5.41, 5.74) is 1.31. The molecule has 1 heterocycles. The number of carbonyl (C=O) groups excluding carboxylic acids is 3. The number of hydrogen-bond donors (Lipinski definition) is 1. The highest BCUT2D eigenvalue weighted by Gasteiger charge is 2.59. The molecule has 0 radical (unpaired) electrons. The smallest absolute Gasteiger partial charge is 0.238 e. The van der Waals surface area contributed by atoms with Gasteiger partial charge in [0.25, 0.3) is 0 Å². The van der Waals surface area contributed by atoms with E-state index >= 15 is 0 Å². The lowest BCUT2D eigenvalue weighted by atomic mass is 9.85. The summed E-state index contributed by atoms with van der Waals surface area (Å²) < 4.78 is 0. The number of hydrogen-bond acceptors (Lipinski definition) is 3. The highest BCUT2D eigenvalue weighted by molar-refractivity contribution is 6.22. The number of benzene rings is 1. The van der Waals surface area contributed by atoms with Gasteiger partial charge in [-0.05, 0) is 48.9 Å². The molecule has 5 heteroatoms. The van der Waals surface area contributed by atoms with Crippen molar-refractivity contribution in [1.29, 1.82) is 0 Å². The van der Waals surface area contributed by atoms with E-state index in [9.17, 15) is 14.4 Å². The second-order valence-corrected chi connectivity index (χ2v) is 9.69. The first-order valence-electron chi connectivity index (χ1n) is 12.6. The molecule has 1 N–H and O–H groups in total. The molecule has 1 aromatic carbocycles. The molecule has 1 saturated heterocycles. The normalized spacial score (nSPS) is 25.6. The van der Waals surface area contributed by atoms with Crippen molar-refractivity contribution in [2.24, 2.45) is 23.7 Å². The van der Waals surface area contributed by atoms with Crippen LogP contribution < -0.4 is 10.2 Å². The summed E-state index contributed by atoms with van der Waals surface area (Å²) >= 11 is 0. The number of rotatable bonds is 12. The summed E-state index contributed by atoms with van der Waals surface area (Å²) in [4.78, 5) is 39.4. The van der Waals surface area contributed by atoms with Crippen LogP contribution in [0.5, 0.6) is 0 Å². The van der Waals surface area contributed by atoms with E-state index in [0.29, 0.717) is 17.8 Å².